The zero-order chi connectivity index (χ0) is 24.9. The van der Waals surface area contributed by atoms with E-state index in [1.807, 2.05) is 42.9 Å². The summed E-state index contributed by atoms with van der Waals surface area (Å²) in [5.74, 6) is -0.317. The molecule has 4 aromatic rings. The van der Waals surface area contributed by atoms with Crippen molar-refractivity contribution in [2.45, 2.75) is 51.7 Å². The number of aromatic nitrogens is 6. The Balaban J connectivity index is 1.41. The summed E-state index contributed by atoms with van der Waals surface area (Å²) in [7, 11) is 0. The second-order valence-corrected chi connectivity index (χ2v) is 8.96. The van der Waals surface area contributed by atoms with Gasteiger partial charge >= 0.3 is 0 Å². The van der Waals surface area contributed by atoms with Gasteiger partial charge in [0.1, 0.15) is 17.1 Å². The van der Waals surface area contributed by atoms with Crippen molar-refractivity contribution in [3.63, 3.8) is 0 Å². The molecule has 0 aliphatic heterocycles. The first-order valence-corrected chi connectivity index (χ1v) is 12.3. The van der Waals surface area contributed by atoms with E-state index in [1.54, 1.807) is 37.1 Å². The Bertz CT molecular complexity index is 1330. The Morgan fingerprint density at radius 3 is 2.69 bits per heavy atom. The molecule has 1 fully saturated rings. The van der Waals surface area contributed by atoms with Crippen LogP contribution >= 0.6 is 0 Å². The fourth-order valence-electron chi connectivity index (χ4n) is 4.60. The first-order valence-electron chi connectivity index (χ1n) is 12.3. The minimum absolute atomic E-state index is 0.234. The molecule has 5 rings (SSSR count). The Kier molecular flexibility index (Phi) is 7.08. The van der Waals surface area contributed by atoms with Crippen molar-refractivity contribution >= 4 is 11.6 Å². The van der Waals surface area contributed by atoms with Gasteiger partial charge < -0.3 is 10.1 Å². The second-order valence-electron chi connectivity index (χ2n) is 8.96. The van der Waals surface area contributed by atoms with Gasteiger partial charge in [-0.1, -0.05) is 6.07 Å². The summed E-state index contributed by atoms with van der Waals surface area (Å²) in [6.45, 7) is 4.74. The summed E-state index contributed by atoms with van der Waals surface area (Å²) in [6, 6.07) is 7.62. The van der Waals surface area contributed by atoms with Gasteiger partial charge in [0.25, 0.3) is 5.91 Å². The molecule has 184 valence electrons. The van der Waals surface area contributed by atoms with Crippen LogP contribution in [0.3, 0.4) is 0 Å². The van der Waals surface area contributed by atoms with Crippen LogP contribution in [0.4, 0.5) is 5.69 Å². The number of hydrogen-bond donors (Lipinski definition) is 1. The molecule has 0 spiro atoms. The van der Waals surface area contributed by atoms with E-state index >= 15 is 0 Å². The molecule has 0 saturated heterocycles. The van der Waals surface area contributed by atoms with E-state index in [4.69, 9.17) is 9.84 Å². The van der Waals surface area contributed by atoms with Gasteiger partial charge in [0, 0.05) is 43.2 Å². The van der Waals surface area contributed by atoms with Gasteiger partial charge in [0.05, 0.1) is 29.7 Å². The highest BCUT2D eigenvalue weighted by molar-refractivity contribution is 6.04. The lowest BCUT2D eigenvalue weighted by molar-refractivity contribution is 0.0260. The molecule has 9 heteroatoms. The Hall–Kier alpha value is -3.98. The highest BCUT2D eigenvalue weighted by Gasteiger charge is 2.25. The van der Waals surface area contributed by atoms with Crippen LogP contribution in [-0.4, -0.2) is 48.3 Å². The van der Waals surface area contributed by atoms with Crippen LogP contribution in [0, 0.1) is 6.92 Å². The molecule has 4 heterocycles. The third kappa shape index (κ3) is 5.31. The van der Waals surface area contributed by atoms with Gasteiger partial charge in [-0.2, -0.15) is 5.10 Å². The average molecular weight is 484 g/mol. The quantitative estimate of drug-likeness (QED) is 0.399. The summed E-state index contributed by atoms with van der Waals surface area (Å²) in [6.07, 6.45) is 14.5. The number of nitrogens with one attached hydrogen (secondary N) is 1. The van der Waals surface area contributed by atoms with Crippen molar-refractivity contribution in [3.8, 4) is 22.6 Å². The number of pyridine rings is 2. The highest BCUT2D eigenvalue weighted by Crippen LogP contribution is 2.33. The molecular weight excluding hydrogens is 454 g/mol. The van der Waals surface area contributed by atoms with Crippen molar-refractivity contribution in [1.29, 1.82) is 0 Å². The summed E-state index contributed by atoms with van der Waals surface area (Å²) < 4.78 is 7.75. The summed E-state index contributed by atoms with van der Waals surface area (Å²) >= 11 is 0. The number of carbonyl (C=O) groups is 1. The molecular formula is C27H29N7O2. The standard InChI is InChI=1S/C27H29N7O2/c1-3-36-21-9-7-20(8-10-21)34-17-25(26(33-34)24-16-28-11-12-30-24)32-27(35)23-6-4-5-22(31-23)19-13-18(2)14-29-15-19/h4-6,11-17,20-21H,3,7-10H2,1-2H3,(H,32,35)/t20-,21-. The van der Waals surface area contributed by atoms with E-state index in [1.165, 1.54) is 0 Å². The lowest BCUT2D eigenvalue weighted by Crippen LogP contribution is -2.24. The third-order valence-electron chi connectivity index (χ3n) is 6.36. The number of carbonyl (C=O) groups excluding carboxylic acids is 1. The predicted octanol–water partition coefficient (Wildman–Crippen LogP) is 4.88. The van der Waals surface area contributed by atoms with E-state index in [2.05, 4.69) is 25.3 Å². The maximum absolute atomic E-state index is 13.3. The minimum atomic E-state index is -0.317. The minimum Gasteiger partial charge on any atom is -0.379 e. The predicted molar refractivity (Wildman–Crippen MR) is 136 cm³/mol. The van der Waals surface area contributed by atoms with Crippen LogP contribution in [-0.2, 0) is 4.74 Å². The third-order valence-corrected chi connectivity index (χ3v) is 6.36. The smallest absolute Gasteiger partial charge is 0.274 e. The number of hydrogen-bond acceptors (Lipinski definition) is 7. The maximum atomic E-state index is 13.3. The van der Waals surface area contributed by atoms with E-state index in [9.17, 15) is 4.79 Å². The molecule has 4 aromatic heterocycles. The molecule has 0 unspecified atom stereocenters. The number of amides is 1. The molecule has 1 amide bonds. The molecule has 9 nitrogen and oxygen atoms in total. The number of aryl methyl sites for hydroxylation is 1. The number of ether oxygens (including phenoxy) is 1. The van der Waals surface area contributed by atoms with Crippen LogP contribution in [0.25, 0.3) is 22.6 Å². The van der Waals surface area contributed by atoms with Crippen molar-refractivity contribution < 1.29 is 9.53 Å². The molecule has 0 radical (unpaired) electrons. The molecule has 0 aromatic carbocycles. The Morgan fingerprint density at radius 1 is 1.08 bits per heavy atom. The van der Waals surface area contributed by atoms with E-state index in [0.717, 1.165) is 43.4 Å². The Morgan fingerprint density at radius 2 is 1.94 bits per heavy atom. The van der Waals surface area contributed by atoms with E-state index < -0.39 is 0 Å². The van der Waals surface area contributed by atoms with Gasteiger partial charge in [-0.05, 0) is 63.3 Å². The molecule has 1 aliphatic rings. The van der Waals surface area contributed by atoms with Crippen LogP contribution in [0.5, 0.6) is 0 Å². The fourth-order valence-corrected chi connectivity index (χ4v) is 4.60. The monoisotopic (exact) mass is 483 g/mol. The van der Waals surface area contributed by atoms with Crippen molar-refractivity contribution in [3.05, 3.63) is 72.7 Å². The summed E-state index contributed by atoms with van der Waals surface area (Å²) in [5, 5.41) is 7.84. The first kappa shape index (κ1) is 23.7. The summed E-state index contributed by atoms with van der Waals surface area (Å²) in [4.78, 5) is 30.7. The van der Waals surface area contributed by atoms with Crippen LogP contribution in [0.1, 0.15) is 54.7 Å². The number of nitrogens with zero attached hydrogens (tertiary/aromatic N) is 6. The van der Waals surface area contributed by atoms with Crippen LogP contribution in [0.2, 0.25) is 0 Å². The second kappa shape index (κ2) is 10.7. The van der Waals surface area contributed by atoms with E-state index in [0.29, 0.717) is 34.6 Å². The molecule has 1 N–H and O–H groups in total. The molecule has 1 aliphatic carbocycles. The largest absolute Gasteiger partial charge is 0.379 e. The summed E-state index contributed by atoms with van der Waals surface area (Å²) in [5.41, 5.74) is 4.65. The van der Waals surface area contributed by atoms with Gasteiger partial charge in [0.15, 0.2) is 0 Å². The average Bonchev–Trinajstić information content (AvgIpc) is 3.33. The first-order chi connectivity index (χ1) is 17.6. The zero-order valence-corrected chi connectivity index (χ0v) is 20.5. The Labute approximate surface area is 210 Å². The van der Waals surface area contributed by atoms with Crippen molar-refractivity contribution in [2.75, 3.05) is 11.9 Å². The highest BCUT2D eigenvalue weighted by atomic mass is 16.5. The molecule has 36 heavy (non-hydrogen) atoms. The van der Waals surface area contributed by atoms with Crippen molar-refractivity contribution in [2.24, 2.45) is 0 Å². The number of anilines is 1. The molecule has 0 bridgehead atoms. The maximum Gasteiger partial charge on any atom is 0.274 e. The topological polar surface area (TPSA) is 108 Å². The SMILES string of the molecule is CCO[C@H]1CC[C@H](n2cc(NC(=O)c3cccc(-c4cncc(C)c4)n3)c(-c3cnccn3)n2)CC1. The lowest BCUT2D eigenvalue weighted by atomic mass is 9.93. The van der Waals surface area contributed by atoms with Crippen LogP contribution < -0.4 is 5.32 Å². The normalized spacial score (nSPS) is 17.6. The van der Waals surface area contributed by atoms with Gasteiger partial charge in [-0.3, -0.25) is 24.4 Å². The van der Waals surface area contributed by atoms with Crippen LogP contribution in [0.15, 0.2) is 61.4 Å². The molecule has 1 saturated carbocycles. The lowest BCUT2D eigenvalue weighted by Gasteiger charge is -2.28. The van der Waals surface area contributed by atoms with Gasteiger partial charge in [-0.15, -0.1) is 0 Å². The fraction of sp³-hybridized carbons (Fsp3) is 0.333. The van der Waals surface area contributed by atoms with Crippen molar-refractivity contribution in [1.82, 2.24) is 29.7 Å². The van der Waals surface area contributed by atoms with Gasteiger partial charge in [0.2, 0.25) is 0 Å². The van der Waals surface area contributed by atoms with E-state index in [-0.39, 0.29) is 11.9 Å². The molecule has 0 atom stereocenters. The zero-order valence-electron chi connectivity index (χ0n) is 20.5. The number of rotatable bonds is 7. The van der Waals surface area contributed by atoms with Gasteiger partial charge in [-0.25, -0.2) is 4.98 Å².